The summed E-state index contributed by atoms with van der Waals surface area (Å²) in [5.41, 5.74) is 2.71. The number of hydrogen-bond acceptors (Lipinski definition) is 5. The SMILES string of the molecule is COc1c(Cl)cc(/C(O)=C2/C(=O)C(=O)N(c3ccc(C)cc3C)C2c2cccs2)cc1Cl. The number of aryl methyl sites for hydroxylation is 2. The summed E-state index contributed by atoms with van der Waals surface area (Å²) in [5.74, 6) is -1.57. The lowest BCUT2D eigenvalue weighted by atomic mass is 9.99. The van der Waals surface area contributed by atoms with Crippen LogP contribution in [0.4, 0.5) is 5.69 Å². The summed E-state index contributed by atoms with van der Waals surface area (Å²) in [6, 6.07) is 11.4. The Morgan fingerprint density at radius 2 is 1.78 bits per heavy atom. The number of Topliss-reactive ketones (excluding diaryl/α,β-unsaturated/α-hetero) is 1. The van der Waals surface area contributed by atoms with E-state index in [1.165, 1.54) is 35.5 Å². The number of ketones is 1. The number of carbonyl (C=O) groups is 2. The van der Waals surface area contributed by atoms with Crippen LogP contribution < -0.4 is 9.64 Å². The molecule has 0 bridgehead atoms. The number of carbonyl (C=O) groups excluding carboxylic acids is 2. The van der Waals surface area contributed by atoms with Crippen LogP contribution in [-0.2, 0) is 9.59 Å². The Hall–Kier alpha value is -2.80. The molecule has 1 fully saturated rings. The predicted octanol–water partition coefficient (Wildman–Crippen LogP) is 6.31. The van der Waals surface area contributed by atoms with Crippen molar-refractivity contribution in [2.75, 3.05) is 12.0 Å². The lowest BCUT2D eigenvalue weighted by Gasteiger charge is -2.26. The van der Waals surface area contributed by atoms with Crippen LogP contribution in [0.15, 0.2) is 53.4 Å². The summed E-state index contributed by atoms with van der Waals surface area (Å²) in [6.45, 7) is 3.84. The van der Waals surface area contributed by atoms with Crippen molar-refractivity contribution in [3.05, 3.63) is 85.0 Å². The molecule has 1 saturated heterocycles. The number of ether oxygens (including phenoxy) is 1. The van der Waals surface area contributed by atoms with Crippen LogP contribution in [0.2, 0.25) is 10.0 Å². The normalized spacial score (nSPS) is 17.8. The number of aliphatic hydroxyl groups is 1. The highest BCUT2D eigenvalue weighted by atomic mass is 35.5. The molecule has 0 spiro atoms. The monoisotopic (exact) mass is 487 g/mol. The highest BCUT2D eigenvalue weighted by Crippen LogP contribution is 2.45. The molecular weight excluding hydrogens is 469 g/mol. The topological polar surface area (TPSA) is 66.8 Å². The number of benzene rings is 2. The number of methoxy groups -OCH3 is 1. The van der Waals surface area contributed by atoms with Gasteiger partial charge in [0.2, 0.25) is 0 Å². The lowest BCUT2D eigenvalue weighted by Crippen LogP contribution is -2.29. The second kappa shape index (κ2) is 8.62. The summed E-state index contributed by atoms with van der Waals surface area (Å²) in [6.07, 6.45) is 0. The molecule has 1 amide bonds. The van der Waals surface area contributed by atoms with Crippen LogP contribution in [-0.4, -0.2) is 23.9 Å². The molecule has 2 heterocycles. The van der Waals surface area contributed by atoms with E-state index in [1.807, 2.05) is 49.6 Å². The Balaban J connectivity index is 1.95. The molecule has 1 aliphatic heterocycles. The van der Waals surface area contributed by atoms with Gasteiger partial charge in [-0.25, -0.2) is 0 Å². The van der Waals surface area contributed by atoms with E-state index in [4.69, 9.17) is 27.9 Å². The Morgan fingerprint density at radius 1 is 1.09 bits per heavy atom. The number of hydrogen-bond donors (Lipinski definition) is 1. The third kappa shape index (κ3) is 3.68. The van der Waals surface area contributed by atoms with E-state index in [1.54, 1.807) is 0 Å². The molecule has 3 aromatic rings. The Bertz CT molecular complexity index is 1240. The Kier molecular flexibility index (Phi) is 6.03. The van der Waals surface area contributed by atoms with Gasteiger partial charge in [-0.2, -0.15) is 0 Å². The van der Waals surface area contributed by atoms with Crippen LogP contribution in [0.5, 0.6) is 5.75 Å². The fourth-order valence-electron chi connectivity index (χ4n) is 3.92. The van der Waals surface area contributed by atoms with Gasteiger partial charge >= 0.3 is 0 Å². The lowest BCUT2D eigenvalue weighted by molar-refractivity contribution is -0.132. The summed E-state index contributed by atoms with van der Waals surface area (Å²) in [5, 5.41) is 13.4. The number of anilines is 1. The maximum absolute atomic E-state index is 13.2. The maximum atomic E-state index is 13.2. The molecule has 0 saturated carbocycles. The van der Waals surface area contributed by atoms with Crippen molar-refractivity contribution < 1.29 is 19.4 Å². The molecule has 4 rings (SSSR count). The van der Waals surface area contributed by atoms with Crippen molar-refractivity contribution in [1.29, 1.82) is 0 Å². The van der Waals surface area contributed by atoms with E-state index < -0.39 is 17.7 Å². The molecule has 1 aromatic heterocycles. The van der Waals surface area contributed by atoms with Crippen molar-refractivity contribution in [2.45, 2.75) is 19.9 Å². The molecule has 1 aliphatic rings. The third-order valence-corrected chi connectivity index (χ3v) is 6.83. The minimum absolute atomic E-state index is 0.0188. The predicted molar refractivity (Wildman–Crippen MR) is 128 cm³/mol. The van der Waals surface area contributed by atoms with Gasteiger partial charge in [0.15, 0.2) is 5.75 Å². The summed E-state index contributed by atoms with van der Waals surface area (Å²) >= 11 is 13.9. The largest absolute Gasteiger partial charge is 0.507 e. The second-order valence-electron chi connectivity index (χ2n) is 7.45. The van der Waals surface area contributed by atoms with Gasteiger partial charge in [0, 0.05) is 16.1 Å². The van der Waals surface area contributed by atoms with Crippen LogP contribution in [0, 0.1) is 13.8 Å². The van der Waals surface area contributed by atoms with E-state index in [2.05, 4.69) is 0 Å². The first-order chi connectivity index (χ1) is 15.2. The number of nitrogens with zero attached hydrogens (tertiary/aromatic N) is 1. The van der Waals surface area contributed by atoms with E-state index in [9.17, 15) is 14.7 Å². The standard InChI is InChI=1S/C24H19Cl2NO4S/c1-12-6-7-17(13(2)9-12)27-20(18-5-4-8-32-18)19(22(29)24(27)30)21(28)14-10-15(25)23(31-3)16(26)11-14/h4-11,20,28H,1-3H3/b21-19-. The van der Waals surface area contributed by atoms with Crippen molar-refractivity contribution in [1.82, 2.24) is 0 Å². The molecule has 8 heteroatoms. The number of aliphatic hydroxyl groups excluding tert-OH is 1. The van der Waals surface area contributed by atoms with Crippen molar-refractivity contribution in [2.24, 2.45) is 0 Å². The summed E-state index contributed by atoms with van der Waals surface area (Å²) in [4.78, 5) is 28.6. The quantitative estimate of drug-likeness (QED) is 0.266. The van der Waals surface area contributed by atoms with Gasteiger partial charge in [-0.05, 0) is 49.1 Å². The molecule has 164 valence electrons. The second-order valence-corrected chi connectivity index (χ2v) is 9.24. The molecule has 1 unspecified atom stereocenters. The highest BCUT2D eigenvalue weighted by molar-refractivity contribution is 7.10. The molecule has 1 atom stereocenters. The zero-order valence-corrected chi connectivity index (χ0v) is 19.8. The van der Waals surface area contributed by atoms with Crippen LogP contribution in [0.25, 0.3) is 5.76 Å². The van der Waals surface area contributed by atoms with Crippen molar-refractivity contribution in [3.8, 4) is 5.75 Å². The minimum atomic E-state index is -0.781. The Labute approximate surface area is 199 Å². The molecule has 0 aliphatic carbocycles. The summed E-state index contributed by atoms with van der Waals surface area (Å²) in [7, 11) is 1.43. The molecule has 5 nitrogen and oxygen atoms in total. The number of rotatable bonds is 4. The molecular formula is C24H19Cl2NO4S. The van der Waals surface area contributed by atoms with Crippen LogP contribution in [0.3, 0.4) is 0 Å². The first-order valence-electron chi connectivity index (χ1n) is 9.69. The van der Waals surface area contributed by atoms with E-state index in [0.29, 0.717) is 5.69 Å². The van der Waals surface area contributed by atoms with Gasteiger partial charge in [0.25, 0.3) is 11.7 Å². The average molecular weight is 488 g/mol. The van der Waals surface area contributed by atoms with Crippen molar-refractivity contribution >= 4 is 57.7 Å². The first kappa shape index (κ1) is 22.4. The van der Waals surface area contributed by atoms with E-state index in [-0.39, 0.29) is 32.7 Å². The smallest absolute Gasteiger partial charge is 0.300 e. The minimum Gasteiger partial charge on any atom is -0.507 e. The van der Waals surface area contributed by atoms with Gasteiger partial charge in [0.05, 0.1) is 22.7 Å². The fraction of sp³-hybridized carbons (Fsp3) is 0.167. The molecule has 1 N–H and O–H groups in total. The van der Waals surface area contributed by atoms with E-state index in [0.717, 1.165) is 16.0 Å². The van der Waals surface area contributed by atoms with Gasteiger partial charge in [-0.3, -0.25) is 14.5 Å². The molecule has 32 heavy (non-hydrogen) atoms. The van der Waals surface area contributed by atoms with Gasteiger partial charge in [-0.1, -0.05) is 47.0 Å². The van der Waals surface area contributed by atoms with Crippen molar-refractivity contribution in [3.63, 3.8) is 0 Å². The van der Waals surface area contributed by atoms with E-state index >= 15 is 0 Å². The number of thiophene rings is 1. The highest BCUT2D eigenvalue weighted by Gasteiger charge is 2.47. The maximum Gasteiger partial charge on any atom is 0.300 e. The van der Waals surface area contributed by atoms with Gasteiger partial charge in [-0.15, -0.1) is 11.3 Å². The third-order valence-electron chi connectivity index (χ3n) is 5.34. The zero-order valence-electron chi connectivity index (χ0n) is 17.5. The van der Waals surface area contributed by atoms with Crippen LogP contribution in [0.1, 0.15) is 27.6 Å². The van der Waals surface area contributed by atoms with Gasteiger partial charge < -0.3 is 9.84 Å². The number of halogens is 2. The van der Waals surface area contributed by atoms with Gasteiger partial charge in [0.1, 0.15) is 11.8 Å². The van der Waals surface area contributed by atoms with Crippen LogP contribution >= 0.6 is 34.5 Å². The average Bonchev–Trinajstić information content (AvgIpc) is 3.35. The first-order valence-corrected chi connectivity index (χ1v) is 11.3. The zero-order chi connectivity index (χ0) is 23.2. The summed E-state index contributed by atoms with van der Waals surface area (Å²) < 4.78 is 5.16. The Morgan fingerprint density at radius 3 is 2.34 bits per heavy atom. The molecule has 0 radical (unpaired) electrons. The molecule has 2 aromatic carbocycles. The number of amides is 1. The fourth-order valence-corrected chi connectivity index (χ4v) is 5.38.